The molecule has 27 heavy (non-hydrogen) atoms. The summed E-state index contributed by atoms with van der Waals surface area (Å²) in [4.78, 5) is 27.5. The molecule has 2 aromatic heterocycles. The number of hydrogen-bond acceptors (Lipinski definition) is 4. The minimum absolute atomic E-state index is 0.00465. The summed E-state index contributed by atoms with van der Waals surface area (Å²) in [5.74, 6) is 0.564. The van der Waals surface area contributed by atoms with E-state index < -0.39 is 0 Å². The maximum absolute atomic E-state index is 12.7. The molecule has 3 heterocycles. The van der Waals surface area contributed by atoms with E-state index in [1.165, 1.54) is 16.3 Å². The van der Waals surface area contributed by atoms with Crippen LogP contribution in [0.25, 0.3) is 10.8 Å². The zero-order valence-corrected chi connectivity index (χ0v) is 15.6. The van der Waals surface area contributed by atoms with Crippen LogP contribution in [0.3, 0.4) is 0 Å². The Morgan fingerprint density at radius 2 is 1.96 bits per heavy atom. The molecule has 1 aliphatic rings. The third-order valence-electron chi connectivity index (χ3n) is 5.39. The van der Waals surface area contributed by atoms with Crippen molar-refractivity contribution >= 4 is 16.7 Å². The molecule has 0 radical (unpaired) electrons. The van der Waals surface area contributed by atoms with Crippen molar-refractivity contribution in [2.45, 2.75) is 32.6 Å². The molecular weight excluding hydrogens is 336 g/mol. The molecular formula is C22H24N4O. The maximum atomic E-state index is 12.7. The summed E-state index contributed by atoms with van der Waals surface area (Å²) >= 11 is 0. The number of carbonyl (C=O) groups excluding carboxylic acids is 1. The summed E-state index contributed by atoms with van der Waals surface area (Å²) < 4.78 is 0. The molecule has 5 heteroatoms. The highest BCUT2D eigenvalue weighted by molar-refractivity contribution is 5.92. The van der Waals surface area contributed by atoms with Crippen molar-refractivity contribution in [1.29, 1.82) is 0 Å². The second-order valence-corrected chi connectivity index (χ2v) is 7.36. The van der Waals surface area contributed by atoms with E-state index in [1.807, 2.05) is 24.2 Å². The lowest BCUT2D eigenvalue weighted by molar-refractivity contribution is 0.0753. The molecule has 0 bridgehead atoms. The van der Waals surface area contributed by atoms with Crippen molar-refractivity contribution in [3.8, 4) is 0 Å². The van der Waals surface area contributed by atoms with E-state index in [-0.39, 0.29) is 5.91 Å². The van der Waals surface area contributed by atoms with Crippen LogP contribution in [0, 0.1) is 12.8 Å². The van der Waals surface area contributed by atoms with Gasteiger partial charge in [0.05, 0.1) is 11.9 Å². The molecule has 1 aromatic carbocycles. The fraction of sp³-hybridized carbons (Fsp3) is 0.364. The number of amides is 1. The Hall–Kier alpha value is -2.82. The smallest absolute Gasteiger partial charge is 0.274 e. The van der Waals surface area contributed by atoms with Gasteiger partial charge >= 0.3 is 0 Å². The Labute approximate surface area is 159 Å². The lowest BCUT2D eigenvalue weighted by Gasteiger charge is -2.20. The number of rotatable bonds is 3. The van der Waals surface area contributed by atoms with Crippen molar-refractivity contribution < 1.29 is 4.79 Å². The lowest BCUT2D eigenvalue weighted by atomic mass is 9.91. The highest BCUT2D eigenvalue weighted by Crippen LogP contribution is 2.26. The van der Waals surface area contributed by atoms with E-state index in [0.29, 0.717) is 11.6 Å². The summed E-state index contributed by atoms with van der Waals surface area (Å²) in [5.41, 5.74) is 2.57. The van der Waals surface area contributed by atoms with Gasteiger partial charge in [-0.2, -0.15) is 0 Å². The van der Waals surface area contributed by atoms with Crippen LogP contribution < -0.4 is 0 Å². The average Bonchev–Trinajstić information content (AvgIpc) is 2.94. The van der Waals surface area contributed by atoms with Crippen LogP contribution in [0.5, 0.6) is 0 Å². The summed E-state index contributed by atoms with van der Waals surface area (Å²) in [6, 6.07) is 8.43. The van der Waals surface area contributed by atoms with Crippen molar-refractivity contribution in [3.05, 3.63) is 66.0 Å². The molecule has 1 aliphatic heterocycles. The van der Waals surface area contributed by atoms with Gasteiger partial charge in [-0.15, -0.1) is 0 Å². The highest BCUT2D eigenvalue weighted by Gasteiger charge is 2.23. The fourth-order valence-corrected chi connectivity index (χ4v) is 3.89. The maximum Gasteiger partial charge on any atom is 0.274 e. The molecule has 1 fully saturated rings. The Morgan fingerprint density at radius 3 is 2.81 bits per heavy atom. The summed E-state index contributed by atoms with van der Waals surface area (Å²) in [7, 11) is 0. The van der Waals surface area contributed by atoms with E-state index in [9.17, 15) is 4.79 Å². The summed E-state index contributed by atoms with van der Waals surface area (Å²) in [5, 5.41) is 2.48. The van der Waals surface area contributed by atoms with E-state index in [1.54, 1.807) is 12.4 Å². The molecule has 1 saturated heterocycles. The van der Waals surface area contributed by atoms with Crippen LogP contribution in [0.2, 0.25) is 0 Å². The van der Waals surface area contributed by atoms with Crippen LogP contribution in [-0.4, -0.2) is 38.8 Å². The number of hydrogen-bond donors (Lipinski definition) is 0. The van der Waals surface area contributed by atoms with Gasteiger partial charge in [-0.25, -0.2) is 4.98 Å². The summed E-state index contributed by atoms with van der Waals surface area (Å²) in [6.45, 7) is 3.44. The van der Waals surface area contributed by atoms with E-state index in [2.05, 4.69) is 39.2 Å². The molecule has 3 aromatic rings. The molecule has 4 rings (SSSR count). The van der Waals surface area contributed by atoms with Gasteiger partial charge in [0.15, 0.2) is 0 Å². The number of aryl methyl sites for hydroxylation is 1. The monoisotopic (exact) mass is 360 g/mol. The second kappa shape index (κ2) is 7.82. The first-order valence-electron chi connectivity index (χ1n) is 9.60. The average molecular weight is 360 g/mol. The largest absolute Gasteiger partial charge is 0.337 e. The van der Waals surface area contributed by atoms with Gasteiger partial charge in [0.1, 0.15) is 5.69 Å². The molecule has 0 unspecified atom stereocenters. The first-order chi connectivity index (χ1) is 13.2. The lowest BCUT2D eigenvalue weighted by Crippen LogP contribution is -2.32. The normalized spacial score (nSPS) is 17.7. The Kier molecular flexibility index (Phi) is 5.10. The second-order valence-electron chi connectivity index (χ2n) is 7.36. The number of nitrogens with zero attached hydrogens (tertiary/aromatic N) is 4. The topological polar surface area (TPSA) is 59.0 Å². The molecule has 1 atom stereocenters. The number of carbonyl (C=O) groups is 1. The Morgan fingerprint density at radius 1 is 1.07 bits per heavy atom. The van der Waals surface area contributed by atoms with E-state index in [0.717, 1.165) is 44.5 Å². The minimum Gasteiger partial charge on any atom is -0.337 e. The van der Waals surface area contributed by atoms with E-state index in [4.69, 9.17) is 0 Å². The molecule has 1 amide bonds. The van der Waals surface area contributed by atoms with Crippen molar-refractivity contribution in [2.24, 2.45) is 5.92 Å². The quantitative estimate of drug-likeness (QED) is 0.712. The van der Waals surface area contributed by atoms with Crippen LogP contribution in [0.15, 0.2) is 49.1 Å². The highest BCUT2D eigenvalue weighted by atomic mass is 16.2. The molecule has 138 valence electrons. The van der Waals surface area contributed by atoms with Crippen LogP contribution >= 0.6 is 0 Å². The first-order valence-corrected chi connectivity index (χ1v) is 9.60. The zero-order chi connectivity index (χ0) is 18.6. The van der Waals surface area contributed by atoms with Crippen molar-refractivity contribution in [1.82, 2.24) is 19.9 Å². The van der Waals surface area contributed by atoms with Gasteiger partial charge in [0, 0.05) is 37.1 Å². The molecule has 0 aliphatic carbocycles. The number of fused-ring (bicyclic) bond motifs is 1. The predicted molar refractivity (Wildman–Crippen MR) is 105 cm³/mol. The zero-order valence-electron chi connectivity index (χ0n) is 15.6. The van der Waals surface area contributed by atoms with Gasteiger partial charge in [-0.05, 0) is 49.5 Å². The van der Waals surface area contributed by atoms with E-state index >= 15 is 0 Å². The van der Waals surface area contributed by atoms with Gasteiger partial charge < -0.3 is 4.90 Å². The molecule has 0 saturated carbocycles. The Balaban J connectivity index is 1.44. The minimum atomic E-state index is -0.00465. The van der Waals surface area contributed by atoms with Crippen LogP contribution in [0.4, 0.5) is 0 Å². The molecule has 0 spiro atoms. The van der Waals surface area contributed by atoms with Crippen LogP contribution in [-0.2, 0) is 6.42 Å². The van der Waals surface area contributed by atoms with Crippen LogP contribution in [0.1, 0.15) is 41.0 Å². The van der Waals surface area contributed by atoms with Crippen molar-refractivity contribution in [3.63, 3.8) is 0 Å². The SMILES string of the molecule is Cc1cnc(C(=O)N2CCC[C@H](Cc3cncc4ccccc34)CC2)cn1. The van der Waals surface area contributed by atoms with Gasteiger partial charge in [-0.3, -0.25) is 14.8 Å². The predicted octanol–water partition coefficient (Wildman–Crippen LogP) is 3.82. The first kappa shape index (κ1) is 17.6. The third kappa shape index (κ3) is 3.97. The summed E-state index contributed by atoms with van der Waals surface area (Å²) in [6.07, 6.45) is 11.3. The standard InChI is InChI=1S/C22H24N4O/c1-16-12-25-21(15-24-16)22(27)26-9-4-5-17(8-10-26)11-19-14-23-13-18-6-2-3-7-20(18)19/h2-3,6-7,12-15,17H,4-5,8-11H2,1H3/t17-/m0/s1. The fourth-order valence-electron chi connectivity index (χ4n) is 3.89. The third-order valence-corrected chi connectivity index (χ3v) is 5.39. The Bertz CT molecular complexity index is 933. The van der Waals surface area contributed by atoms with Crippen molar-refractivity contribution in [2.75, 3.05) is 13.1 Å². The number of aromatic nitrogens is 3. The van der Waals surface area contributed by atoms with Gasteiger partial charge in [0.25, 0.3) is 5.91 Å². The molecule has 0 N–H and O–H groups in total. The number of pyridine rings is 1. The number of benzene rings is 1. The molecule has 5 nitrogen and oxygen atoms in total. The van der Waals surface area contributed by atoms with Gasteiger partial charge in [-0.1, -0.05) is 24.3 Å². The number of likely N-dealkylation sites (tertiary alicyclic amines) is 1. The van der Waals surface area contributed by atoms with Gasteiger partial charge in [0.2, 0.25) is 0 Å².